The van der Waals surface area contributed by atoms with E-state index in [0.717, 1.165) is 31.1 Å². The van der Waals surface area contributed by atoms with Gasteiger partial charge in [0.2, 0.25) is 0 Å². The maximum Gasteiger partial charge on any atom is 0.134 e. The van der Waals surface area contributed by atoms with Crippen LogP contribution in [-0.4, -0.2) is 6.61 Å². The molecule has 0 amide bonds. The molecule has 0 heterocycles. The van der Waals surface area contributed by atoms with Crippen molar-refractivity contribution < 1.29 is 4.74 Å². The van der Waals surface area contributed by atoms with Crippen molar-refractivity contribution in [1.29, 1.82) is 0 Å². The Morgan fingerprint density at radius 3 is 1.97 bits per heavy atom. The lowest BCUT2D eigenvalue weighted by Crippen LogP contribution is -2.13. The fourth-order valence-corrected chi connectivity index (χ4v) is 6.02. The van der Waals surface area contributed by atoms with Gasteiger partial charge in [0.05, 0.1) is 6.61 Å². The third-order valence-electron chi connectivity index (χ3n) is 8.76. The molecule has 3 rings (SSSR count). The van der Waals surface area contributed by atoms with E-state index in [0.29, 0.717) is 11.8 Å². The van der Waals surface area contributed by atoms with Crippen molar-refractivity contribution in [2.75, 3.05) is 6.61 Å². The van der Waals surface area contributed by atoms with Crippen LogP contribution in [0.4, 0.5) is 0 Å². The first-order valence-electron chi connectivity index (χ1n) is 15.7. The van der Waals surface area contributed by atoms with Crippen LogP contribution in [0, 0.1) is 11.8 Å². The minimum absolute atomic E-state index is 0.558. The average molecular weight is 503 g/mol. The number of fused-ring (bicyclic) bond motifs is 2. The van der Waals surface area contributed by atoms with Crippen LogP contribution >= 0.6 is 0 Å². The van der Waals surface area contributed by atoms with Crippen molar-refractivity contribution in [3.05, 3.63) is 53.6 Å². The molecule has 0 saturated heterocycles. The van der Waals surface area contributed by atoms with Gasteiger partial charge in [0, 0.05) is 10.8 Å². The van der Waals surface area contributed by atoms with Crippen LogP contribution in [0.15, 0.2) is 42.5 Å². The van der Waals surface area contributed by atoms with Gasteiger partial charge in [-0.15, -0.1) is 0 Å². The van der Waals surface area contributed by atoms with Gasteiger partial charge in [0.15, 0.2) is 0 Å². The number of rotatable bonds is 17. The van der Waals surface area contributed by atoms with Crippen LogP contribution in [0.5, 0.6) is 5.75 Å². The lowest BCUT2D eigenvalue weighted by Gasteiger charge is -2.23. The Balaban J connectivity index is 2.09. The normalized spacial score (nSPS) is 14.2. The summed E-state index contributed by atoms with van der Waals surface area (Å²) in [6, 6.07) is 16.3. The Labute approximate surface area is 228 Å². The second-order valence-electron chi connectivity index (χ2n) is 11.5. The predicted octanol–water partition coefficient (Wildman–Crippen LogP) is 11.6. The number of hydrogen-bond donors (Lipinski definition) is 0. The molecule has 0 bridgehead atoms. The highest BCUT2D eigenvalue weighted by atomic mass is 16.5. The van der Waals surface area contributed by atoms with E-state index in [1.54, 1.807) is 0 Å². The molecule has 3 aromatic carbocycles. The van der Waals surface area contributed by atoms with Crippen molar-refractivity contribution >= 4 is 21.5 Å². The Bertz CT molecular complexity index is 1080. The minimum atomic E-state index is 0.558. The first kappa shape index (κ1) is 29.5. The molecule has 37 heavy (non-hydrogen) atoms. The fourth-order valence-electron chi connectivity index (χ4n) is 6.02. The summed E-state index contributed by atoms with van der Waals surface area (Å²) in [6.07, 6.45) is 15.2. The number of ether oxygens (including phenoxy) is 1. The molecule has 0 radical (unpaired) electrons. The monoisotopic (exact) mass is 502 g/mol. The van der Waals surface area contributed by atoms with E-state index in [1.807, 2.05) is 0 Å². The Morgan fingerprint density at radius 1 is 0.649 bits per heavy atom. The van der Waals surface area contributed by atoms with Crippen molar-refractivity contribution in [3.8, 4) is 5.75 Å². The number of benzene rings is 3. The Morgan fingerprint density at radius 2 is 1.32 bits per heavy atom. The topological polar surface area (TPSA) is 9.23 Å². The van der Waals surface area contributed by atoms with Gasteiger partial charge in [-0.3, -0.25) is 0 Å². The Hall–Kier alpha value is -2.02. The Kier molecular flexibility index (Phi) is 12.3. The van der Waals surface area contributed by atoms with Crippen LogP contribution < -0.4 is 4.74 Å². The van der Waals surface area contributed by atoms with Gasteiger partial charge >= 0.3 is 0 Å². The van der Waals surface area contributed by atoms with Crippen LogP contribution in [0.25, 0.3) is 21.5 Å². The largest absolute Gasteiger partial charge is 0.492 e. The highest BCUT2D eigenvalue weighted by Gasteiger charge is 2.19. The maximum absolute atomic E-state index is 6.87. The molecule has 1 heteroatoms. The summed E-state index contributed by atoms with van der Waals surface area (Å²) in [5, 5.41) is 5.44. The first-order chi connectivity index (χ1) is 18.1. The van der Waals surface area contributed by atoms with Gasteiger partial charge < -0.3 is 4.74 Å². The van der Waals surface area contributed by atoms with Gasteiger partial charge in [-0.25, -0.2) is 0 Å². The molecular formula is C36H54O. The minimum Gasteiger partial charge on any atom is -0.492 e. The second-order valence-corrected chi connectivity index (χ2v) is 11.5. The molecule has 204 valence electrons. The molecule has 1 nitrogen and oxygen atoms in total. The van der Waals surface area contributed by atoms with E-state index in [2.05, 4.69) is 84.0 Å². The van der Waals surface area contributed by atoms with Gasteiger partial charge in [-0.1, -0.05) is 123 Å². The van der Waals surface area contributed by atoms with E-state index in [1.165, 1.54) is 96.9 Å². The molecular weight excluding hydrogens is 448 g/mol. The summed E-state index contributed by atoms with van der Waals surface area (Å²) in [6.45, 7) is 14.8. The summed E-state index contributed by atoms with van der Waals surface area (Å²) in [7, 11) is 0. The van der Waals surface area contributed by atoms with Crippen molar-refractivity contribution in [2.24, 2.45) is 11.8 Å². The molecule has 3 unspecified atom stereocenters. The molecule has 0 aliphatic rings. The predicted molar refractivity (Wildman–Crippen MR) is 165 cm³/mol. The van der Waals surface area contributed by atoms with Crippen LogP contribution in [-0.2, 0) is 6.42 Å². The van der Waals surface area contributed by atoms with Gasteiger partial charge in [-0.05, 0) is 77.8 Å². The number of hydrogen-bond acceptors (Lipinski definition) is 1. The lowest BCUT2D eigenvalue weighted by molar-refractivity contribution is 0.232. The third kappa shape index (κ3) is 7.75. The summed E-state index contributed by atoms with van der Waals surface area (Å²) >= 11 is 0. The molecule has 0 fully saturated rings. The lowest BCUT2D eigenvalue weighted by atomic mass is 9.86. The summed E-state index contributed by atoms with van der Waals surface area (Å²) in [5.74, 6) is 3.13. The van der Waals surface area contributed by atoms with Crippen LogP contribution in [0.1, 0.15) is 129 Å². The van der Waals surface area contributed by atoms with Crippen molar-refractivity contribution in [2.45, 2.75) is 125 Å². The summed E-state index contributed by atoms with van der Waals surface area (Å²) in [5.41, 5.74) is 2.96. The van der Waals surface area contributed by atoms with Gasteiger partial charge in [0.1, 0.15) is 5.75 Å². The molecule has 3 atom stereocenters. The highest BCUT2D eigenvalue weighted by molar-refractivity contribution is 6.08. The smallest absolute Gasteiger partial charge is 0.134 e. The summed E-state index contributed by atoms with van der Waals surface area (Å²) < 4.78 is 6.87. The molecule has 0 spiro atoms. The quantitative estimate of drug-likeness (QED) is 0.167. The zero-order chi connectivity index (χ0) is 26.6. The van der Waals surface area contributed by atoms with E-state index in [9.17, 15) is 0 Å². The van der Waals surface area contributed by atoms with Crippen LogP contribution in [0.2, 0.25) is 0 Å². The van der Waals surface area contributed by atoms with Crippen LogP contribution in [0.3, 0.4) is 0 Å². The average Bonchev–Trinajstić information content (AvgIpc) is 2.93. The fraction of sp³-hybridized carbons (Fsp3) is 0.611. The third-order valence-corrected chi connectivity index (χ3v) is 8.76. The molecule has 0 aliphatic carbocycles. The SMILES string of the molecule is CCCCC(CC)CCc1c2ccccc2c(OCC(CCC)CCCC)c2cc(C(C)CC)ccc12. The zero-order valence-electron chi connectivity index (χ0n) is 24.9. The number of aryl methyl sites for hydroxylation is 1. The van der Waals surface area contributed by atoms with Crippen molar-refractivity contribution in [3.63, 3.8) is 0 Å². The van der Waals surface area contributed by atoms with E-state index in [4.69, 9.17) is 4.74 Å². The van der Waals surface area contributed by atoms with E-state index in [-0.39, 0.29) is 0 Å². The molecule has 3 aromatic rings. The molecule has 0 aliphatic heterocycles. The second kappa shape index (κ2) is 15.4. The maximum atomic E-state index is 6.87. The molecule has 0 N–H and O–H groups in total. The standard InChI is InChI=1S/C36H54O/c1-7-12-17-28(11-5)21-23-32-31-19-14-15-20-34(31)36(37-26-29(16-9-3)18-13-8-2)35-25-30(27(6)10-4)22-24-33(32)35/h14-15,19-20,22,24-25,27-29H,7-13,16-18,21,23,26H2,1-6H3. The highest BCUT2D eigenvalue weighted by Crippen LogP contribution is 2.41. The zero-order valence-corrected chi connectivity index (χ0v) is 24.9. The van der Waals surface area contributed by atoms with Gasteiger partial charge in [0.25, 0.3) is 0 Å². The first-order valence-corrected chi connectivity index (χ1v) is 15.7. The van der Waals surface area contributed by atoms with E-state index >= 15 is 0 Å². The molecule has 0 aromatic heterocycles. The van der Waals surface area contributed by atoms with Gasteiger partial charge in [-0.2, -0.15) is 0 Å². The summed E-state index contributed by atoms with van der Waals surface area (Å²) in [4.78, 5) is 0. The van der Waals surface area contributed by atoms with Crippen molar-refractivity contribution in [1.82, 2.24) is 0 Å². The van der Waals surface area contributed by atoms with E-state index < -0.39 is 0 Å². The number of unbranched alkanes of at least 4 members (excludes halogenated alkanes) is 2. The molecule has 0 saturated carbocycles.